The minimum atomic E-state index is -0.287. The fourth-order valence-corrected chi connectivity index (χ4v) is 2.92. The molecule has 1 aromatic carbocycles. The number of benzene rings is 1. The van der Waals surface area contributed by atoms with Gasteiger partial charge in [0.05, 0.1) is 6.10 Å². The van der Waals surface area contributed by atoms with E-state index in [-0.39, 0.29) is 24.0 Å². The number of aliphatic hydroxyl groups excluding tert-OH is 1. The van der Waals surface area contributed by atoms with Crippen LogP contribution in [0, 0.1) is 5.92 Å². The molecule has 1 fully saturated rings. The topological polar surface area (TPSA) is 49.8 Å². The fourth-order valence-electron chi connectivity index (χ4n) is 2.92. The van der Waals surface area contributed by atoms with Gasteiger partial charge in [0.2, 0.25) is 0 Å². The molecule has 23 heavy (non-hydrogen) atoms. The largest absolute Gasteiger partial charge is 0.484 e. The summed E-state index contributed by atoms with van der Waals surface area (Å²) < 4.78 is 5.62. The van der Waals surface area contributed by atoms with Gasteiger partial charge in [0.1, 0.15) is 5.75 Å². The Bertz CT molecular complexity index is 508. The third-order valence-electron chi connectivity index (χ3n) is 4.66. The van der Waals surface area contributed by atoms with Gasteiger partial charge in [0.15, 0.2) is 6.61 Å². The summed E-state index contributed by atoms with van der Waals surface area (Å²) in [6, 6.07) is 7.95. The normalized spacial score (nSPS) is 17.9. The van der Waals surface area contributed by atoms with Crippen molar-refractivity contribution in [1.29, 1.82) is 0 Å². The maximum Gasteiger partial charge on any atom is 0.260 e. The van der Waals surface area contributed by atoms with Gasteiger partial charge in [0, 0.05) is 13.1 Å². The Morgan fingerprint density at radius 2 is 1.83 bits per heavy atom. The quantitative estimate of drug-likeness (QED) is 0.928. The lowest BCUT2D eigenvalue weighted by Crippen LogP contribution is -2.42. The van der Waals surface area contributed by atoms with Crippen LogP contribution in [0.5, 0.6) is 5.75 Å². The second-order valence-electron chi connectivity index (χ2n) is 7.52. The molecule has 4 heteroatoms. The predicted octanol–water partition coefficient (Wildman–Crippen LogP) is 2.98. The van der Waals surface area contributed by atoms with Gasteiger partial charge in [-0.3, -0.25) is 4.79 Å². The molecular weight excluding hydrogens is 290 g/mol. The van der Waals surface area contributed by atoms with E-state index < -0.39 is 0 Å². The maximum atomic E-state index is 12.2. The lowest BCUT2D eigenvalue weighted by Gasteiger charge is -2.33. The number of carbonyl (C=O) groups is 1. The van der Waals surface area contributed by atoms with Crippen molar-refractivity contribution < 1.29 is 14.6 Å². The maximum absolute atomic E-state index is 12.2. The number of likely N-dealkylation sites (tertiary alicyclic amines) is 1. The van der Waals surface area contributed by atoms with Crippen molar-refractivity contribution >= 4 is 5.91 Å². The zero-order valence-corrected chi connectivity index (χ0v) is 14.7. The molecule has 1 saturated heterocycles. The Kier molecular flexibility index (Phi) is 5.69. The molecule has 1 aliphatic heterocycles. The van der Waals surface area contributed by atoms with Crippen LogP contribution in [0.3, 0.4) is 0 Å². The predicted molar refractivity (Wildman–Crippen MR) is 91.6 cm³/mol. The van der Waals surface area contributed by atoms with Crippen LogP contribution in [-0.4, -0.2) is 41.7 Å². The van der Waals surface area contributed by atoms with Gasteiger partial charge in [-0.1, -0.05) is 32.9 Å². The number of rotatable bonds is 4. The van der Waals surface area contributed by atoms with E-state index in [4.69, 9.17) is 4.74 Å². The van der Waals surface area contributed by atoms with Crippen molar-refractivity contribution in [2.45, 2.75) is 52.1 Å². The monoisotopic (exact) mass is 319 g/mol. The van der Waals surface area contributed by atoms with Crippen LogP contribution in [0.25, 0.3) is 0 Å². The number of hydrogen-bond acceptors (Lipinski definition) is 3. The van der Waals surface area contributed by atoms with Crippen LogP contribution in [-0.2, 0) is 10.2 Å². The summed E-state index contributed by atoms with van der Waals surface area (Å²) >= 11 is 0. The zero-order chi connectivity index (χ0) is 17.0. The molecule has 0 bridgehead atoms. The van der Waals surface area contributed by atoms with Crippen molar-refractivity contribution in [3.8, 4) is 5.75 Å². The summed E-state index contributed by atoms with van der Waals surface area (Å²) in [5.74, 6) is 1.06. The highest BCUT2D eigenvalue weighted by molar-refractivity contribution is 5.77. The molecule has 1 aromatic rings. The Labute approximate surface area is 139 Å². The Morgan fingerprint density at radius 1 is 1.26 bits per heavy atom. The van der Waals surface area contributed by atoms with Crippen molar-refractivity contribution in [3.63, 3.8) is 0 Å². The summed E-state index contributed by atoms with van der Waals surface area (Å²) in [4.78, 5) is 14.0. The second kappa shape index (κ2) is 7.35. The molecular formula is C19H29NO3. The molecule has 0 spiro atoms. The molecule has 4 nitrogen and oxygen atoms in total. The van der Waals surface area contributed by atoms with Gasteiger partial charge in [-0.25, -0.2) is 0 Å². The SMILES string of the molecule is C[C@H](O)C1CCN(C(=O)COc2ccc(C(C)(C)C)cc2)CC1. The third kappa shape index (κ3) is 4.96. The van der Waals surface area contributed by atoms with E-state index in [1.165, 1.54) is 5.56 Å². The van der Waals surface area contributed by atoms with Crippen LogP contribution in [0.1, 0.15) is 46.1 Å². The Morgan fingerprint density at radius 3 is 2.30 bits per heavy atom. The standard InChI is InChI=1S/C19H29NO3/c1-14(21)15-9-11-20(12-10-15)18(22)13-23-17-7-5-16(6-8-17)19(2,3)4/h5-8,14-15,21H,9-13H2,1-4H3/t14-/m0/s1. The molecule has 1 N–H and O–H groups in total. The van der Waals surface area contributed by atoms with Gasteiger partial charge in [-0.2, -0.15) is 0 Å². The number of hydrogen-bond donors (Lipinski definition) is 1. The van der Waals surface area contributed by atoms with Crippen LogP contribution in [0.2, 0.25) is 0 Å². The van der Waals surface area contributed by atoms with Gasteiger partial charge in [-0.15, -0.1) is 0 Å². The molecule has 0 saturated carbocycles. The number of ether oxygens (including phenoxy) is 1. The van der Waals surface area contributed by atoms with Crippen molar-refractivity contribution in [2.24, 2.45) is 5.92 Å². The van der Waals surface area contributed by atoms with Gasteiger partial charge < -0.3 is 14.7 Å². The summed E-state index contributed by atoms with van der Waals surface area (Å²) in [5.41, 5.74) is 1.36. The highest BCUT2D eigenvalue weighted by Crippen LogP contribution is 2.24. The lowest BCUT2D eigenvalue weighted by atomic mass is 9.87. The Hall–Kier alpha value is -1.55. The van der Waals surface area contributed by atoms with Gasteiger partial charge in [-0.05, 0) is 48.8 Å². The molecule has 0 aromatic heterocycles. The molecule has 0 unspecified atom stereocenters. The first kappa shape index (κ1) is 17.8. The zero-order valence-electron chi connectivity index (χ0n) is 14.7. The van der Waals surface area contributed by atoms with Crippen molar-refractivity contribution in [2.75, 3.05) is 19.7 Å². The molecule has 1 amide bonds. The van der Waals surface area contributed by atoms with E-state index in [9.17, 15) is 9.90 Å². The highest BCUT2D eigenvalue weighted by Gasteiger charge is 2.25. The first-order valence-corrected chi connectivity index (χ1v) is 8.46. The summed E-state index contributed by atoms with van der Waals surface area (Å²) in [6.07, 6.45) is 1.44. The van der Waals surface area contributed by atoms with Crippen LogP contribution in [0.4, 0.5) is 0 Å². The van der Waals surface area contributed by atoms with E-state index >= 15 is 0 Å². The Balaban J connectivity index is 1.81. The average Bonchev–Trinajstić information content (AvgIpc) is 2.52. The van der Waals surface area contributed by atoms with E-state index in [1.54, 1.807) is 0 Å². The van der Waals surface area contributed by atoms with Gasteiger partial charge >= 0.3 is 0 Å². The molecule has 2 rings (SSSR count). The first-order chi connectivity index (χ1) is 10.8. The van der Waals surface area contributed by atoms with Crippen molar-refractivity contribution in [3.05, 3.63) is 29.8 Å². The molecule has 0 aliphatic carbocycles. The van der Waals surface area contributed by atoms with E-state index in [2.05, 4.69) is 20.8 Å². The van der Waals surface area contributed by atoms with Crippen LogP contribution >= 0.6 is 0 Å². The molecule has 1 atom stereocenters. The van der Waals surface area contributed by atoms with E-state index in [0.717, 1.165) is 18.6 Å². The first-order valence-electron chi connectivity index (χ1n) is 8.46. The molecule has 0 radical (unpaired) electrons. The van der Waals surface area contributed by atoms with Crippen molar-refractivity contribution in [1.82, 2.24) is 4.90 Å². The fraction of sp³-hybridized carbons (Fsp3) is 0.632. The molecule has 1 aliphatic rings. The second-order valence-corrected chi connectivity index (χ2v) is 7.52. The number of piperidine rings is 1. The number of carbonyl (C=O) groups excluding carboxylic acids is 1. The van der Waals surface area contributed by atoms with E-state index in [1.807, 2.05) is 36.1 Å². The molecule has 128 valence electrons. The summed E-state index contributed by atoms with van der Waals surface area (Å²) in [6.45, 7) is 9.83. The number of amides is 1. The number of aliphatic hydroxyl groups is 1. The lowest BCUT2D eigenvalue weighted by molar-refractivity contribution is -0.135. The third-order valence-corrected chi connectivity index (χ3v) is 4.66. The summed E-state index contributed by atoms with van der Waals surface area (Å²) in [5, 5.41) is 9.61. The molecule has 1 heterocycles. The minimum absolute atomic E-state index is 0.0222. The van der Waals surface area contributed by atoms with E-state index in [0.29, 0.717) is 19.0 Å². The number of nitrogens with zero attached hydrogens (tertiary/aromatic N) is 1. The minimum Gasteiger partial charge on any atom is -0.484 e. The van der Waals surface area contributed by atoms with Crippen LogP contribution in [0.15, 0.2) is 24.3 Å². The average molecular weight is 319 g/mol. The summed E-state index contributed by atoms with van der Waals surface area (Å²) in [7, 11) is 0. The van der Waals surface area contributed by atoms with Crippen LogP contribution < -0.4 is 4.74 Å². The smallest absolute Gasteiger partial charge is 0.260 e. The van der Waals surface area contributed by atoms with Gasteiger partial charge in [0.25, 0.3) is 5.91 Å². The highest BCUT2D eigenvalue weighted by atomic mass is 16.5.